The van der Waals surface area contributed by atoms with Crippen molar-refractivity contribution >= 4 is 57.2 Å². The highest BCUT2D eigenvalue weighted by Gasteiger charge is 2.69. The molecule has 1 aliphatic heterocycles. The molecule has 5 aromatic rings. The quantitative estimate of drug-likeness (QED) is 0.196. The molecular weight excluding hydrogens is 638 g/mol. The van der Waals surface area contributed by atoms with E-state index < -0.39 is 28.8 Å². The molecule has 0 unspecified atom stereocenters. The van der Waals surface area contributed by atoms with E-state index in [9.17, 15) is 14.4 Å². The van der Waals surface area contributed by atoms with Gasteiger partial charge < -0.3 is 24.3 Å². The smallest absolute Gasteiger partial charge is 0.435 e. The van der Waals surface area contributed by atoms with Gasteiger partial charge >= 0.3 is 12.2 Å². The summed E-state index contributed by atoms with van der Waals surface area (Å²) in [7, 11) is 3.11. The summed E-state index contributed by atoms with van der Waals surface area (Å²) in [6.45, 7) is 10.6. The normalized spacial score (nSPS) is 18.4. The fourth-order valence-corrected chi connectivity index (χ4v) is 6.75. The van der Waals surface area contributed by atoms with Gasteiger partial charge in [0.1, 0.15) is 17.0 Å². The Balaban J connectivity index is 1.39. The summed E-state index contributed by atoms with van der Waals surface area (Å²) in [6.07, 6.45) is -1.01. The summed E-state index contributed by atoms with van der Waals surface area (Å²) in [5.74, 6) is 0.976. The molecule has 0 radical (unpaired) electrons. The van der Waals surface area contributed by atoms with E-state index in [0.29, 0.717) is 51.7 Å². The number of para-hydroxylation sites is 1. The fourth-order valence-electron chi connectivity index (χ4n) is 6.75. The lowest BCUT2D eigenvalue weighted by atomic mass is 9.90. The molecule has 1 fully saturated rings. The standard InChI is InChI=1S/C38H39N5O7/c1-36(2,3)49-34(45)42-27-17-16-22(47-7)19-24(27)38(33(42)44)20-25(38)23-13-11-15-28-30(23)32(41-43(28)35(46)50-37(4,5)6)40-31-29(48-8)18-21-12-9-10-14-26(21)39-31/h9-19,25H,20H2,1-8H3,(H,39,40,41)/t25-,38-/m0/s1. The Kier molecular flexibility index (Phi) is 7.54. The second-order valence-electron chi connectivity index (χ2n) is 14.6. The molecule has 258 valence electrons. The highest BCUT2D eigenvalue weighted by atomic mass is 16.6. The van der Waals surface area contributed by atoms with Crippen molar-refractivity contribution in [3.05, 3.63) is 77.9 Å². The fraction of sp³-hybridized carbons (Fsp3) is 0.342. The van der Waals surface area contributed by atoms with Gasteiger partial charge in [-0.2, -0.15) is 4.68 Å². The Hall–Kier alpha value is -5.65. The van der Waals surface area contributed by atoms with E-state index >= 15 is 0 Å². The number of carbonyl (C=O) groups is 3. The van der Waals surface area contributed by atoms with Gasteiger partial charge in [0.05, 0.1) is 36.4 Å². The summed E-state index contributed by atoms with van der Waals surface area (Å²) >= 11 is 0. The molecule has 2 amide bonds. The summed E-state index contributed by atoms with van der Waals surface area (Å²) in [4.78, 5) is 47.5. The number of anilines is 3. The summed E-state index contributed by atoms with van der Waals surface area (Å²) in [6, 6.07) is 20.3. The van der Waals surface area contributed by atoms with Gasteiger partial charge in [-0.3, -0.25) is 4.79 Å². The maximum atomic E-state index is 14.5. The molecule has 1 spiro atoms. The molecule has 1 N–H and O–H groups in total. The van der Waals surface area contributed by atoms with Gasteiger partial charge in [-0.1, -0.05) is 30.3 Å². The lowest BCUT2D eigenvalue weighted by Crippen LogP contribution is -2.41. The van der Waals surface area contributed by atoms with Crippen LogP contribution in [0.25, 0.3) is 21.8 Å². The van der Waals surface area contributed by atoms with E-state index in [1.807, 2.05) is 48.5 Å². The van der Waals surface area contributed by atoms with Crippen LogP contribution in [0, 0.1) is 0 Å². The van der Waals surface area contributed by atoms with E-state index in [1.165, 1.54) is 4.68 Å². The first-order valence-electron chi connectivity index (χ1n) is 16.4. The van der Waals surface area contributed by atoms with Gasteiger partial charge in [0.25, 0.3) is 0 Å². The molecule has 2 aromatic heterocycles. The number of imide groups is 1. The Labute approximate surface area is 289 Å². The van der Waals surface area contributed by atoms with Crippen LogP contribution in [0.3, 0.4) is 0 Å². The van der Waals surface area contributed by atoms with Crippen LogP contribution in [0.15, 0.2) is 66.7 Å². The van der Waals surface area contributed by atoms with Gasteiger partial charge in [0, 0.05) is 16.7 Å². The molecule has 3 aromatic carbocycles. The van der Waals surface area contributed by atoms with Crippen LogP contribution in [-0.2, 0) is 19.7 Å². The molecule has 1 saturated carbocycles. The van der Waals surface area contributed by atoms with Crippen LogP contribution >= 0.6 is 0 Å². The first-order valence-corrected chi connectivity index (χ1v) is 16.4. The van der Waals surface area contributed by atoms with Crippen molar-refractivity contribution in [2.75, 3.05) is 24.4 Å². The first kappa shape index (κ1) is 32.9. The van der Waals surface area contributed by atoms with Crippen LogP contribution in [0.4, 0.5) is 26.9 Å². The third-order valence-corrected chi connectivity index (χ3v) is 8.87. The third kappa shape index (κ3) is 5.44. The van der Waals surface area contributed by atoms with E-state index in [4.69, 9.17) is 29.0 Å². The number of hydrogen-bond acceptors (Lipinski definition) is 10. The Morgan fingerprint density at radius 2 is 1.58 bits per heavy atom. The van der Waals surface area contributed by atoms with Crippen molar-refractivity contribution < 1.29 is 33.3 Å². The number of nitrogens with one attached hydrogen (secondary N) is 1. The van der Waals surface area contributed by atoms with Crippen LogP contribution in [0.1, 0.15) is 65.0 Å². The van der Waals surface area contributed by atoms with Crippen LogP contribution < -0.4 is 19.7 Å². The van der Waals surface area contributed by atoms with Crippen molar-refractivity contribution in [2.45, 2.75) is 70.5 Å². The number of amides is 2. The van der Waals surface area contributed by atoms with Crippen molar-refractivity contribution in [3.63, 3.8) is 0 Å². The maximum Gasteiger partial charge on any atom is 0.435 e. The number of ether oxygens (including phenoxy) is 4. The number of fused-ring (bicyclic) bond motifs is 4. The number of rotatable bonds is 5. The molecule has 12 heteroatoms. The number of pyridine rings is 1. The number of hydrogen-bond donors (Lipinski definition) is 1. The number of methoxy groups -OCH3 is 2. The molecule has 1 aliphatic carbocycles. The van der Waals surface area contributed by atoms with Crippen LogP contribution in [-0.4, -0.2) is 58.3 Å². The second-order valence-corrected chi connectivity index (χ2v) is 14.6. The Morgan fingerprint density at radius 3 is 2.28 bits per heavy atom. The highest BCUT2D eigenvalue weighted by molar-refractivity contribution is 6.23. The van der Waals surface area contributed by atoms with E-state index in [-0.39, 0.29) is 11.8 Å². The Bertz CT molecular complexity index is 2210. The molecule has 12 nitrogen and oxygen atoms in total. The molecule has 50 heavy (non-hydrogen) atoms. The molecule has 0 saturated heterocycles. The zero-order valence-corrected chi connectivity index (χ0v) is 29.3. The summed E-state index contributed by atoms with van der Waals surface area (Å²) in [5, 5.41) is 9.56. The summed E-state index contributed by atoms with van der Waals surface area (Å²) < 4.78 is 23.9. The maximum absolute atomic E-state index is 14.5. The van der Waals surface area contributed by atoms with E-state index in [1.54, 1.807) is 74.0 Å². The zero-order valence-electron chi connectivity index (χ0n) is 29.3. The predicted octanol–water partition coefficient (Wildman–Crippen LogP) is 7.84. The lowest BCUT2D eigenvalue weighted by molar-refractivity contribution is -0.120. The molecule has 7 rings (SSSR count). The van der Waals surface area contributed by atoms with Gasteiger partial charge in [0.2, 0.25) is 5.91 Å². The number of nitrogens with zero attached hydrogens (tertiary/aromatic N) is 4. The zero-order chi connectivity index (χ0) is 35.7. The Morgan fingerprint density at radius 1 is 0.860 bits per heavy atom. The van der Waals surface area contributed by atoms with Crippen molar-refractivity contribution in [2.24, 2.45) is 0 Å². The van der Waals surface area contributed by atoms with Crippen molar-refractivity contribution in [3.8, 4) is 11.5 Å². The average molecular weight is 678 g/mol. The molecule has 3 heterocycles. The molecule has 2 aliphatic rings. The van der Waals surface area contributed by atoms with Gasteiger partial charge in [-0.15, -0.1) is 5.10 Å². The molecular formula is C38H39N5O7. The molecule has 0 bridgehead atoms. The molecule has 2 atom stereocenters. The van der Waals surface area contributed by atoms with E-state index in [0.717, 1.165) is 21.4 Å². The minimum atomic E-state index is -1.08. The minimum absolute atomic E-state index is 0.324. The largest absolute Gasteiger partial charge is 0.497 e. The van der Waals surface area contributed by atoms with Crippen LogP contribution in [0.2, 0.25) is 0 Å². The lowest BCUT2D eigenvalue weighted by Gasteiger charge is -2.24. The predicted molar refractivity (Wildman–Crippen MR) is 189 cm³/mol. The first-order chi connectivity index (χ1) is 23.6. The number of carbonyl (C=O) groups excluding carboxylic acids is 3. The van der Waals surface area contributed by atoms with Crippen molar-refractivity contribution in [1.82, 2.24) is 14.8 Å². The number of aromatic nitrogens is 3. The third-order valence-electron chi connectivity index (χ3n) is 8.87. The summed E-state index contributed by atoms with van der Waals surface area (Å²) in [5.41, 5.74) is 0.400. The van der Waals surface area contributed by atoms with E-state index in [2.05, 4.69) is 5.32 Å². The number of benzene rings is 3. The minimum Gasteiger partial charge on any atom is -0.497 e. The monoisotopic (exact) mass is 677 g/mol. The van der Waals surface area contributed by atoms with Gasteiger partial charge in [0.15, 0.2) is 17.4 Å². The van der Waals surface area contributed by atoms with Gasteiger partial charge in [-0.25, -0.2) is 19.5 Å². The van der Waals surface area contributed by atoms with Crippen LogP contribution in [0.5, 0.6) is 11.5 Å². The highest BCUT2D eigenvalue weighted by Crippen LogP contribution is 2.67. The SMILES string of the molecule is COc1ccc2c(c1)[C@]1(C[C@H]1c1cccc3c1c(Nc1nc4ccccc4cc1OC)nn3C(=O)OC(C)(C)C)C(=O)N2C(=O)OC(C)(C)C. The van der Waals surface area contributed by atoms with Crippen molar-refractivity contribution in [1.29, 1.82) is 0 Å². The van der Waals surface area contributed by atoms with Gasteiger partial charge in [-0.05, 0) is 95.5 Å². The average Bonchev–Trinajstić information content (AvgIpc) is 3.62. The topological polar surface area (TPSA) is 134 Å². The second kappa shape index (κ2) is 11.5.